The SMILES string of the molecule is CC1(C)CC(c2c(N)[nH]c(=S)[nH]c2=O)CCO1. The zero-order chi connectivity index (χ0) is 12.6. The number of nitrogens with two attached hydrogens (primary N) is 1. The van der Waals surface area contributed by atoms with E-state index in [4.69, 9.17) is 22.7 Å². The number of ether oxygens (including phenoxy) is 1. The van der Waals surface area contributed by atoms with Crippen molar-refractivity contribution < 1.29 is 4.74 Å². The molecule has 0 amide bonds. The van der Waals surface area contributed by atoms with E-state index in [-0.39, 0.29) is 21.8 Å². The largest absolute Gasteiger partial charge is 0.385 e. The molecule has 2 heterocycles. The highest BCUT2D eigenvalue weighted by Gasteiger charge is 2.32. The first-order valence-corrected chi connectivity index (χ1v) is 6.06. The molecule has 1 aliphatic rings. The Balaban J connectivity index is 2.41. The molecule has 1 unspecified atom stereocenters. The standard InChI is InChI=1S/C11H17N3O2S/c1-11(2)5-6(3-4-16-11)7-8(12)13-10(17)14-9(7)15/h6H,3-5H2,1-2H3,(H4,12,13,14,15,17). The van der Waals surface area contributed by atoms with Gasteiger partial charge in [0.05, 0.1) is 11.2 Å². The van der Waals surface area contributed by atoms with Gasteiger partial charge in [0.2, 0.25) is 0 Å². The second-order valence-corrected chi connectivity index (χ2v) is 5.44. The van der Waals surface area contributed by atoms with E-state index in [2.05, 4.69) is 9.97 Å². The van der Waals surface area contributed by atoms with Crippen LogP contribution in [0.5, 0.6) is 0 Å². The Kier molecular flexibility index (Phi) is 3.09. The van der Waals surface area contributed by atoms with Gasteiger partial charge in [0.25, 0.3) is 5.56 Å². The molecule has 1 fully saturated rings. The molecule has 17 heavy (non-hydrogen) atoms. The van der Waals surface area contributed by atoms with Crippen LogP contribution < -0.4 is 11.3 Å². The maximum absolute atomic E-state index is 11.9. The van der Waals surface area contributed by atoms with Crippen LogP contribution in [0.1, 0.15) is 38.2 Å². The molecule has 6 heteroatoms. The average molecular weight is 255 g/mol. The van der Waals surface area contributed by atoms with Crippen molar-refractivity contribution in [3.05, 3.63) is 20.7 Å². The molecule has 2 rings (SSSR count). The molecule has 94 valence electrons. The summed E-state index contributed by atoms with van der Waals surface area (Å²) in [5, 5.41) is 0. The molecule has 0 bridgehead atoms. The van der Waals surface area contributed by atoms with Gasteiger partial charge in [0.15, 0.2) is 4.77 Å². The van der Waals surface area contributed by atoms with Gasteiger partial charge in [-0.25, -0.2) is 0 Å². The Hall–Kier alpha value is -1.14. The predicted octanol–water partition coefficient (Wildman–Crippen LogP) is 1.69. The highest BCUT2D eigenvalue weighted by atomic mass is 32.1. The summed E-state index contributed by atoms with van der Waals surface area (Å²) in [6.45, 7) is 4.69. The summed E-state index contributed by atoms with van der Waals surface area (Å²) in [5.41, 5.74) is 6.07. The Morgan fingerprint density at radius 1 is 1.47 bits per heavy atom. The quantitative estimate of drug-likeness (QED) is 0.667. The topological polar surface area (TPSA) is 83.9 Å². The molecule has 5 nitrogen and oxygen atoms in total. The Morgan fingerprint density at radius 3 is 2.76 bits per heavy atom. The second kappa shape index (κ2) is 4.27. The molecule has 0 saturated carbocycles. The molecule has 4 N–H and O–H groups in total. The van der Waals surface area contributed by atoms with Crippen LogP contribution in [0.25, 0.3) is 0 Å². The monoisotopic (exact) mass is 255 g/mol. The van der Waals surface area contributed by atoms with Gasteiger partial charge in [-0.2, -0.15) is 0 Å². The lowest BCUT2D eigenvalue weighted by Crippen LogP contribution is -2.35. The Bertz CT molecular complexity index is 532. The summed E-state index contributed by atoms with van der Waals surface area (Å²) in [7, 11) is 0. The van der Waals surface area contributed by atoms with Crippen molar-refractivity contribution >= 4 is 18.0 Å². The maximum atomic E-state index is 11.9. The van der Waals surface area contributed by atoms with E-state index in [1.807, 2.05) is 13.8 Å². The number of aromatic nitrogens is 2. The lowest BCUT2D eigenvalue weighted by atomic mass is 9.84. The maximum Gasteiger partial charge on any atom is 0.257 e. The van der Waals surface area contributed by atoms with E-state index < -0.39 is 0 Å². The molecule has 0 radical (unpaired) electrons. The van der Waals surface area contributed by atoms with Crippen LogP contribution in [-0.2, 0) is 4.74 Å². The predicted molar refractivity (Wildman–Crippen MR) is 68.7 cm³/mol. The van der Waals surface area contributed by atoms with Crippen LogP contribution in [0.15, 0.2) is 4.79 Å². The van der Waals surface area contributed by atoms with E-state index in [1.165, 1.54) is 0 Å². The van der Waals surface area contributed by atoms with Crippen molar-refractivity contribution in [1.82, 2.24) is 9.97 Å². The first-order chi connectivity index (χ1) is 7.89. The van der Waals surface area contributed by atoms with Crippen molar-refractivity contribution in [1.29, 1.82) is 0 Å². The van der Waals surface area contributed by atoms with E-state index in [0.717, 1.165) is 12.8 Å². The van der Waals surface area contributed by atoms with Crippen LogP contribution >= 0.6 is 12.2 Å². The van der Waals surface area contributed by atoms with Crippen molar-refractivity contribution in [2.24, 2.45) is 0 Å². The fourth-order valence-corrected chi connectivity index (χ4v) is 2.60. The molecule has 0 aliphatic carbocycles. The van der Waals surface area contributed by atoms with Gasteiger partial charge < -0.3 is 15.5 Å². The highest BCUT2D eigenvalue weighted by Crippen LogP contribution is 2.35. The summed E-state index contributed by atoms with van der Waals surface area (Å²) in [4.78, 5) is 17.3. The van der Waals surface area contributed by atoms with Crippen LogP contribution in [0.2, 0.25) is 0 Å². The Labute approximate surface area is 104 Å². The van der Waals surface area contributed by atoms with Gasteiger partial charge in [-0.1, -0.05) is 0 Å². The summed E-state index contributed by atoms with van der Waals surface area (Å²) in [5.74, 6) is 0.496. The molecular weight excluding hydrogens is 238 g/mol. The van der Waals surface area contributed by atoms with E-state index >= 15 is 0 Å². The lowest BCUT2D eigenvalue weighted by Gasteiger charge is -2.35. The van der Waals surface area contributed by atoms with E-state index in [1.54, 1.807) is 0 Å². The first kappa shape index (κ1) is 12.3. The number of nitrogens with one attached hydrogen (secondary N) is 2. The number of hydrogen-bond acceptors (Lipinski definition) is 4. The summed E-state index contributed by atoms with van der Waals surface area (Å²) in [6.07, 6.45) is 1.59. The fourth-order valence-electron chi connectivity index (χ4n) is 2.40. The summed E-state index contributed by atoms with van der Waals surface area (Å²) >= 11 is 4.88. The van der Waals surface area contributed by atoms with Gasteiger partial charge in [-0.05, 0) is 44.8 Å². The zero-order valence-electron chi connectivity index (χ0n) is 10.0. The molecule has 0 aromatic carbocycles. The summed E-state index contributed by atoms with van der Waals surface area (Å²) < 4.78 is 5.90. The van der Waals surface area contributed by atoms with Crippen molar-refractivity contribution in [3.63, 3.8) is 0 Å². The number of aromatic amines is 2. The van der Waals surface area contributed by atoms with Crippen molar-refractivity contribution in [2.45, 2.75) is 38.2 Å². The van der Waals surface area contributed by atoms with Gasteiger partial charge in [0, 0.05) is 6.61 Å². The second-order valence-electron chi connectivity index (χ2n) is 5.03. The number of nitrogen functional groups attached to an aromatic ring is 1. The molecule has 1 aromatic rings. The molecule has 1 saturated heterocycles. The number of hydrogen-bond donors (Lipinski definition) is 3. The minimum atomic E-state index is -0.214. The third-order valence-electron chi connectivity index (χ3n) is 3.12. The lowest BCUT2D eigenvalue weighted by molar-refractivity contribution is -0.0593. The molecule has 1 aromatic heterocycles. The van der Waals surface area contributed by atoms with Crippen LogP contribution in [-0.4, -0.2) is 22.2 Å². The fraction of sp³-hybridized carbons (Fsp3) is 0.636. The third-order valence-corrected chi connectivity index (χ3v) is 3.32. The third kappa shape index (κ3) is 2.58. The summed E-state index contributed by atoms with van der Waals surface area (Å²) in [6, 6.07) is 0. The minimum Gasteiger partial charge on any atom is -0.385 e. The first-order valence-electron chi connectivity index (χ1n) is 5.65. The average Bonchev–Trinajstić information content (AvgIpc) is 2.13. The van der Waals surface area contributed by atoms with E-state index in [9.17, 15) is 4.79 Å². The molecule has 1 aliphatic heterocycles. The molecular formula is C11H17N3O2S. The van der Waals surface area contributed by atoms with Gasteiger partial charge in [-0.3, -0.25) is 9.78 Å². The van der Waals surface area contributed by atoms with E-state index in [0.29, 0.717) is 18.0 Å². The van der Waals surface area contributed by atoms with Gasteiger partial charge >= 0.3 is 0 Å². The highest BCUT2D eigenvalue weighted by molar-refractivity contribution is 7.71. The van der Waals surface area contributed by atoms with Gasteiger partial charge in [-0.15, -0.1) is 0 Å². The van der Waals surface area contributed by atoms with Crippen LogP contribution in [0.4, 0.5) is 5.82 Å². The number of H-pyrrole nitrogens is 2. The molecule has 0 spiro atoms. The van der Waals surface area contributed by atoms with Crippen LogP contribution in [0, 0.1) is 4.77 Å². The zero-order valence-corrected chi connectivity index (χ0v) is 10.8. The van der Waals surface area contributed by atoms with Crippen molar-refractivity contribution in [3.8, 4) is 0 Å². The normalized spacial score (nSPS) is 23.5. The number of rotatable bonds is 1. The minimum absolute atomic E-state index is 0.120. The van der Waals surface area contributed by atoms with Crippen LogP contribution in [0.3, 0.4) is 0 Å². The van der Waals surface area contributed by atoms with Gasteiger partial charge in [0.1, 0.15) is 5.82 Å². The Morgan fingerprint density at radius 2 is 2.18 bits per heavy atom. The molecule has 1 atom stereocenters. The number of anilines is 1. The van der Waals surface area contributed by atoms with Crippen molar-refractivity contribution in [2.75, 3.05) is 12.3 Å². The smallest absolute Gasteiger partial charge is 0.257 e.